The van der Waals surface area contributed by atoms with Crippen molar-refractivity contribution in [2.24, 2.45) is 5.92 Å². The molecule has 0 spiro atoms. The first-order valence-electron chi connectivity index (χ1n) is 6.98. The van der Waals surface area contributed by atoms with Crippen LogP contribution in [0.5, 0.6) is 0 Å². The van der Waals surface area contributed by atoms with E-state index in [1.165, 1.54) is 16.7 Å². The molecular weight excluding hydrogens is 268 g/mol. The zero-order valence-corrected chi connectivity index (χ0v) is 13.5. The van der Waals surface area contributed by atoms with Gasteiger partial charge in [-0.15, -0.1) is 0 Å². The van der Waals surface area contributed by atoms with Gasteiger partial charge in [-0.25, -0.2) is 9.97 Å². The van der Waals surface area contributed by atoms with Crippen molar-refractivity contribution >= 4 is 11.6 Å². The maximum Gasteiger partial charge on any atom is 0.161 e. The van der Waals surface area contributed by atoms with E-state index in [1.54, 1.807) is 0 Å². The van der Waals surface area contributed by atoms with Gasteiger partial charge in [0, 0.05) is 11.3 Å². The molecule has 0 radical (unpaired) electrons. The first kappa shape index (κ1) is 15.0. The highest BCUT2D eigenvalue weighted by Gasteiger charge is 2.12. The average Bonchev–Trinajstić information content (AvgIpc) is 2.25. The minimum atomic E-state index is 0.519. The number of benzene rings is 1. The van der Waals surface area contributed by atoms with Gasteiger partial charge >= 0.3 is 0 Å². The molecule has 0 unspecified atom stereocenters. The maximum absolute atomic E-state index is 6.17. The summed E-state index contributed by atoms with van der Waals surface area (Å²) in [5.41, 5.74) is 5.76. The average molecular weight is 289 g/mol. The largest absolute Gasteiger partial charge is 0.233 e. The van der Waals surface area contributed by atoms with Gasteiger partial charge in [0.25, 0.3) is 0 Å². The van der Waals surface area contributed by atoms with E-state index in [0.717, 1.165) is 23.5 Å². The third-order valence-electron chi connectivity index (χ3n) is 3.27. The van der Waals surface area contributed by atoms with Gasteiger partial charge in [0.05, 0.1) is 0 Å². The van der Waals surface area contributed by atoms with Crippen molar-refractivity contribution in [1.82, 2.24) is 9.97 Å². The quantitative estimate of drug-likeness (QED) is 0.749. The van der Waals surface area contributed by atoms with Crippen molar-refractivity contribution in [3.05, 3.63) is 45.7 Å². The third kappa shape index (κ3) is 3.37. The Hall–Kier alpha value is -1.41. The fourth-order valence-corrected chi connectivity index (χ4v) is 2.84. The van der Waals surface area contributed by atoms with Crippen LogP contribution in [0.3, 0.4) is 0 Å². The molecule has 0 saturated carbocycles. The van der Waals surface area contributed by atoms with Crippen molar-refractivity contribution in [3.8, 4) is 11.4 Å². The van der Waals surface area contributed by atoms with Crippen LogP contribution in [0.25, 0.3) is 11.4 Å². The Bertz CT molecular complexity index is 610. The Labute approximate surface area is 126 Å². The molecule has 2 rings (SSSR count). The molecule has 0 aliphatic carbocycles. The monoisotopic (exact) mass is 288 g/mol. The van der Waals surface area contributed by atoms with E-state index in [4.69, 9.17) is 16.6 Å². The second-order valence-corrected chi connectivity index (χ2v) is 6.26. The summed E-state index contributed by atoms with van der Waals surface area (Å²) < 4.78 is 0. The Morgan fingerprint density at radius 3 is 2.15 bits per heavy atom. The first-order chi connectivity index (χ1) is 9.36. The van der Waals surface area contributed by atoms with Crippen LogP contribution < -0.4 is 0 Å². The Morgan fingerprint density at radius 2 is 1.60 bits per heavy atom. The lowest BCUT2D eigenvalue weighted by Gasteiger charge is -2.12. The molecule has 0 aliphatic heterocycles. The van der Waals surface area contributed by atoms with Gasteiger partial charge in [0.1, 0.15) is 5.15 Å². The standard InChI is InChI=1S/C17H21ClN2/c1-10(2)6-14-9-15(18)20-17(19-14)16-12(4)7-11(3)8-13(16)5/h7-10H,6H2,1-5H3. The van der Waals surface area contributed by atoms with E-state index in [1.807, 2.05) is 6.07 Å². The predicted octanol–water partition coefficient (Wildman–Crippen LogP) is 4.92. The number of halogens is 1. The predicted molar refractivity (Wildman–Crippen MR) is 85.2 cm³/mol. The van der Waals surface area contributed by atoms with Crippen LogP contribution in [0.1, 0.15) is 36.2 Å². The Balaban J connectivity index is 2.55. The van der Waals surface area contributed by atoms with Crippen molar-refractivity contribution in [3.63, 3.8) is 0 Å². The fraction of sp³-hybridized carbons (Fsp3) is 0.412. The normalized spacial score (nSPS) is 11.2. The molecule has 0 atom stereocenters. The van der Waals surface area contributed by atoms with E-state index >= 15 is 0 Å². The zero-order chi connectivity index (χ0) is 14.9. The van der Waals surface area contributed by atoms with Crippen molar-refractivity contribution in [2.45, 2.75) is 41.0 Å². The lowest BCUT2D eigenvalue weighted by atomic mass is 9.99. The van der Waals surface area contributed by atoms with Crippen LogP contribution in [-0.4, -0.2) is 9.97 Å². The lowest BCUT2D eigenvalue weighted by Crippen LogP contribution is -2.02. The second-order valence-electron chi connectivity index (χ2n) is 5.88. The molecule has 0 fully saturated rings. The van der Waals surface area contributed by atoms with Crippen molar-refractivity contribution in [2.75, 3.05) is 0 Å². The molecule has 1 aromatic carbocycles. The van der Waals surface area contributed by atoms with Gasteiger partial charge in [-0.1, -0.05) is 43.1 Å². The van der Waals surface area contributed by atoms with E-state index in [9.17, 15) is 0 Å². The number of rotatable bonds is 3. The van der Waals surface area contributed by atoms with Crippen LogP contribution in [-0.2, 0) is 6.42 Å². The third-order valence-corrected chi connectivity index (χ3v) is 3.46. The van der Waals surface area contributed by atoms with Gasteiger partial charge < -0.3 is 0 Å². The molecule has 0 amide bonds. The van der Waals surface area contributed by atoms with Gasteiger partial charge in [-0.3, -0.25) is 0 Å². The highest BCUT2D eigenvalue weighted by Crippen LogP contribution is 2.27. The molecule has 0 N–H and O–H groups in total. The van der Waals surface area contributed by atoms with Crippen LogP contribution in [0.15, 0.2) is 18.2 Å². The number of hydrogen-bond acceptors (Lipinski definition) is 2. The highest BCUT2D eigenvalue weighted by molar-refractivity contribution is 6.29. The summed E-state index contributed by atoms with van der Waals surface area (Å²) in [5, 5.41) is 0.519. The molecule has 2 aromatic rings. The summed E-state index contributed by atoms with van der Waals surface area (Å²) in [6, 6.07) is 6.19. The molecule has 3 heteroatoms. The maximum atomic E-state index is 6.17. The van der Waals surface area contributed by atoms with Crippen molar-refractivity contribution in [1.29, 1.82) is 0 Å². The molecule has 1 aromatic heterocycles. The van der Waals surface area contributed by atoms with Gasteiger partial charge in [-0.2, -0.15) is 0 Å². The van der Waals surface area contributed by atoms with E-state index in [-0.39, 0.29) is 0 Å². The molecular formula is C17H21ClN2. The van der Waals surface area contributed by atoms with E-state index < -0.39 is 0 Å². The summed E-state index contributed by atoms with van der Waals surface area (Å²) >= 11 is 6.17. The fourth-order valence-electron chi connectivity index (χ4n) is 2.63. The number of nitrogens with zero attached hydrogens (tertiary/aromatic N) is 2. The molecule has 2 nitrogen and oxygen atoms in total. The van der Waals surface area contributed by atoms with Crippen LogP contribution in [0, 0.1) is 26.7 Å². The van der Waals surface area contributed by atoms with Gasteiger partial charge in [-0.05, 0) is 50.3 Å². The van der Waals surface area contributed by atoms with E-state index in [2.05, 4.69) is 51.7 Å². The van der Waals surface area contributed by atoms with Crippen LogP contribution in [0.2, 0.25) is 5.15 Å². The number of hydrogen-bond donors (Lipinski definition) is 0. The molecule has 0 aliphatic rings. The van der Waals surface area contributed by atoms with Crippen LogP contribution >= 0.6 is 11.6 Å². The molecule has 106 valence electrons. The SMILES string of the molecule is Cc1cc(C)c(-c2nc(Cl)cc(CC(C)C)n2)c(C)c1. The summed E-state index contributed by atoms with van der Waals surface area (Å²) in [6.07, 6.45) is 0.916. The molecule has 0 bridgehead atoms. The highest BCUT2D eigenvalue weighted by atomic mass is 35.5. The van der Waals surface area contributed by atoms with Crippen molar-refractivity contribution < 1.29 is 0 Å². The molecule has 0 saturated heterocycles. The smallest absolute Gasteiger partial charge is 0.161 e. The number of aryl methyl sites for hydroxylation is 3. The second kappa shape index (κ2) is 5.92. The first-order valence-corrected chi connectivity index (χ1v) is 7.36. The minimum absolute atomic E-state index is 0.519. The summed E-state index contributed by atoms with van der Waals surface area (Å²) in [4.78, 5) is 9.12. The van der Waals surface area contributed by atoms with Gasteiger partial charge in [0.15, 0.2) is 5.82 Å². The number of aromatic nitrogens is 2. The lowest BCUT2D eigenvalue weighted by molar-refractivity contribution is 0.634. The topological polar surface area (TPSA) is 25.8 Å². The molecule has 20 heavy (non-hydrogen) atoms. The summed E-state index contributed by atoms with van der Waals surface area (Å²) in [7, 11) is 0. The Kier molecular flexibility index (Phi) is 4.44. The van der Waals surface area contributed by atoms with E-state index in [0.29, 0.717) is 11.1 Å². The summed E-state index contributed by atoms with van der Waals surface area (Å²) in [5.74, 6) is 1.29. The zero-order valence-electron chi connectivity index (χ0n) is 12.8. The Morgan fingerprint density at radius 1 is 1.00 bits per heavy atom. The molecule has 1 heterocycles. The minimum Gasteiger partial charge on any atom is -0.233 e. The summed E-state index contributed by atoms with van der Waals surface area (Å²) in [6.45, 7) is 10.7. The van der Waals surface area contributed by atoms with Crippen LogP contribution in [0.4, 0.5) is 0 Å². The van der Waals surface area contributed by atoms with Gasteiger partial charge in [0.2, 0.25) is 0 Å².